The van der Waals surface area contributed by atoms with Gasteiger partial charge in [-0.25, -0.2) is 4.79 Å². The number of carboxylic acids is 1. The molecule has 4 nitrogen and oxygen atoms in total. The van der Waals surface area contributed by atoms with Crippen LogP contribution in [0.1, 0.15) is 54.8 Å². The molecule has 6 heteroatoms. The van der Waals surface area contributed by atoms with Gasteiger partial charge in [-0.05, 0) is 111 Å². The molecule has 0 aliphatic heterocycles. The number of nitriles is 1. The summed E-state index contributed by atoms with van der Waals surface area (Å²) in [7, 11) is 0. The average Bonchev–Trinajstić information content (AvgIpc) is 3.89. The van der Waals surface area contributed by atoms with E-state index in [4.69, 9.17) is 0 Å². The number of thiophene rings is 2. The lowest BCUT2D eigenvalue weighted by atomic mass is 9.82. The topological polar surface area (TPSA) is 64.3 Å². The van der Waals surface area contributed by atoms with Crippen molar-refractivity contribution in [3.63, 3.8) is 0 Å². The van der Waals surface area contributed by atoms with Gasteiger partial charge in [0, 0.05) is 47.2 Å². The Morgan fingerprint density at radius 2 is 1.17 bits per heavy atom. The number of carboxylic acid groups (broad SMARTS) is 1. The van der Waals surface area contributed by atoms with Crippen LogP contribution in [0.4, 0.5) is 17.1 Å². The average molecular weight is 711 g/mol. The maximum atomic E-state index is 11.4. The van der Waals surface area contributed by atoms with Crippen molar-refractivity contribution in [2.24, 2.45) is 0 Å². The molecule has 0 bridgehead atoms. The van der Waals surface area contributed by atoms with Crippen molar-refractivity contribution < 1.29 is 9.90 Å². The first kappa shape index (κ1) is 32.2. The van der Waals surface area contributed by atoms with E-state index >= 15 is 0 Å². The van der Waals surface area contributed by atoms with Crippen LogP contribution in [0.2, 0.25) is 0 Å². The summed E-state index contributed by atoms with van der Waals surface area (Å²) in [6, 6.07) is 46.0. The summed E-state index contributed by atoms with van der Waals surface area (Å²) in [6.07, 6.45) is 1.44. The molecule has 0 saturated carbocycles. The largest absolute Gasteiger partial charge is 0.477 e. The van der Waals surface area contributed by atoms with E-state index in [0.29, 0.717) is 0 Å². The molecule has 0 amide bonds. The maximum absolute atomic E-state index is 11.4. The number of hydrogen-bond acceptors (Lipinski definition) is 5. The van der Waals surface area contributed by atoms with Gasteiger partial charge in [-0.15, -0.1) is 22.7 Å². The van der Waals surface area contributed by atoms with E-state index in [-0.39, 0.29) is 16.4 Å². The number of benzene rings is 5. The zero-order valence-corrected chi connectivity index (χ0v) is 30.8. The molecule has 9 rings (SSSR count). The second-order valence-corrected chi connectivity index (χ2v) is 16.8. The molecule has 252 valence electrons. The fourth-order valence-electron chi connectivity index (χ4n) is 8.24. The molecule has 0 unspecified atom stereocenters. The first-order chi connectivity index (χ1) is 25.0. The van der Waals surface area contributed by atoms with Crippen molar-refractivity contribution in [1.82, 2.24) is 0 Å². The highest BCUT2D eigenvalue weighted by atomic mass is 32.1. The lowest BCUT2D eigenvalue weighted by Gasteiger charge is -2.29. The lowest BCUT2D eigenvalue weighted by Crippen LogP contribution is -2.18. The minimum Gasteiger partial charge on any atom is -0.477 e. The smallest absolute Gasteiger partial charge is 0.346 e. The predicted molar refractivity (Wildman–Crippen MR) is 216 cm³/mol. The molecule has 0 spiro atoms. The second kappa shape index (κ2) is 11.6. The molecule has 2 heterocycles. The third-order valence-corrected chi connectivity index (χ3v) is 13.2. The molecule has 7 aromatic rings. The Bertz CT molecular complexity index is 2590. The van der Waals surface area contributed by atoms with E-state index in [1.807, 2.05) is 12.1 Å². The van der Waals surface area contributed by atoms with E-state index in [1.165, 1.54) is 61.9 Å². The number of aliphatic carboxylic acids is 1. The Labute approximate surface area is 311 Å². The summed E-state index contributed by atoms with van der Waals surface area (Å²) in [4.78, 5) is 16.7. The molecule has 0 saturated heterocycles. The number of fused-ring (bicyclic) bond motifs is 7. The fraction of sp³-hybridized carbons (Fsp3) is 0.130. The normalized spacial score (nSPS) is 14.7. The van der Waals surface area contributed by atoms with Crippen molar-refractivity contribution in [2.75, 3.05) is 4.90 Å². The Kier molecular flexibility index (Phi) is 7.21. The van der Waals surface area contributed by atoms with Gasteiger partial charge in [-0.1, -0.05) is 94.4 Å². The van der Waals surface area contributed by atoms with E-state index < -0.39 is 5.97 Å². The van der Waals surface area contributed by atoms with Gasteiger partial charge in [0.1, 0.15) is 11.6 Å². The zero-order valence-electron chi connectivity index (χ0n) is 29.2. The van der Waals surface area contributed by atoms with Gasteiger partial charge in [0.05, 0.1) is 0 Å². The van der Waals surface area contributed by atoms with Gasteiger partial charge in [-0.3, -0.25) is 0 Å². The number of nitrogens with zero attached hydrogens (tertiary/aromatic N) is 2. The molecular weight excluding hydrogens is 677 g/mol. The highest BCUT2D eigenvalue weighted by molar-refractivity contribution is 7.26. The third kappa shape index (κ3) is 4.88. The maximum Gasteiger partial charge on any atom is 0.346 e. The summed E-state index contributed by atoms with van der Waals surface area (Å²) >= 11 is 3.21. The van der Waals surface area contributed by atoms with Crippen LogP contribution in [0.25, 0.3) is 48.2 Å². The number of anilines is 3. The van der Waals surface area contributed by atoms with E-state index in [9.17, 15) is 15.2 Å². The molecule has 52 heavy (non-hydrogen) atoms. The quantitative estimate of drug-likeness (QED) is 0.138. The van der Waals surface area contributed by atoms with Gasteiger partial charge in [0.15, 0.2) is 0 Å². The fourth-order valence-corrected chi connectivity index (χ4v) is 10.4. The van der Waals surface area contributed by atoms with Gasteiger partial charge >= 0.3 is 5.97 Å². The minimum absolute atomic E-state index is 0.130. The van der Waals surface area contributed by atoms with Gasteiger partial charge in [0.25, 0.3) is 0 Å². The van der Waals surface area contributed by atoms with Crippen molar-refractivity contribution in [3.05, 3.63) is 154 Å². The van der Waals surface area contributed by atoms with Crippen LogP contribution in [0, 0.1) is 11.3 Å². The Morgan fingerprint density at radius 3 is 1.75 bits per heavy atom. The first-order valence-electron chi connectivity index (χ1n) is 17.3. The van der Waals surface area contributed by atoms with Gasteiger partial charge in [0.2, 0.25) is 0 Å². The molecule has 2 aromatic heterocycles. The minimum atomic E-state index is -1.22. The summed E-state index contributed by atoms with van der Waals surface area (Å²) in [6.45, 7) is 9.31. The van der Waals surface area contributed by atoms with Crippen molar-refractivity contribution >= 4 is 61.9 Å². The third-order valence-electron chi connectivity index (χ3n) is 10.9. The summed E-state index contributed by atoms with van der Waals surface area (Å²) in [5.41, 5.74) is 13.4. The number of rotatable bonds is 6. The Hall–Kier alpha value is -5.74. The SMILES string of the molecule is CC1(C)c2ccccc2-c2ccc(N(c3ccc4c(c3)C(C)(C)c3ccccc3-4)c3ccc4cc(-c5ccc(C=C(C#N)C(=O)O)s5)sc4c3)cc21. The van der Waals surface area contributed by atoms with Crippen molar-refractivity contribution in [2.45, 2.75) is 38.5 Å². The number of hydrogen-bond donors (Lipinski definition) is 1. The van der Waals surface area contributed by atoms with Crippen molar-refractivity contribution in [1.29, 1.82) is 5.26 Å². The summed E-state index contributed by atoms with van der Waals surface area (Å²) < 4.78 is 1.16. The molecule has 0 radical (unpaired) electrons. The molecular formula is C46H34N2O2S2. The lowest BCUT2D eigenvalue weighted by molar-refractivity contribution is -0.132. The highest BCUT2D eigenvalue weighted by Crippen LogP contribution is 2.53. The van der Waals surface area contributed by atoms with E-state index in [0.717, 1.165) is 41.8 Å². The summed E-state index contributed by atoms with van der Waals surface area (Å²) in [5.74, 6) is -1.22. The van der Waals surface area contributed by atoms with Crippen LogP contribution in [0.3, 0.4) is 0 Å². The highest BCUT2D eigenvalue weighted by Gasteiger charge is 2.37. The standard InChI is InChI=1S/C46H34N2O2S2/c1-45(2)37-11-7-5-9-33(37)35-18-15-29(23-39(35)45)48(30-16-19-36-34-10-6-8-12-38(34)46(3,4)40(36)24-30)31-14-13-27-22-43(52-42(27)25-31)41-20-17-32(51-41)21-28(26-47)44(49)50/h5-25H,1-4H3,(H,49,50). The molecule has 2 aliphatic carbocycles. The van der Waals surface area contributed by atoms with Crippen LogP contribution >= 0.6 is 22.7 Å². The van der Waals surface area contributed by atoms with Crippen LogP contribution in [0.15, 0.2) is 127 Å². The van der Waals surface area contributed by atoms with Gasteiger partial charge in [-0.2, -0.15) is 5.26 Å². The van der Waals surface area contributed by atoms with Crippen LogP contribution in [-0.2, 0) is 15.6 Å². The van der Waals surface area contributed by atoms with Crippen LogP contribution in [-0.4, -0.2) is 11.1 Å². The molecule has 5 aromatic carbocycles. The van der Waals surface area contributed by atoms with Crippen molar-refractivity contribution in [3.8, 4) is 38.1 Å². The van der Waals surface area contributed by atoms with Gasteiger partial charge < -0.3 is 10.0 Å². The van der Waals surface area contributed by atoms with Crippen LogP contribution in [0.5, 0.6) is 0 Å². The monoisotopic (exact) mass is 710 g/mol. The number of carbonyl (C=O) groups is 1. The molecule has 1 N–H and O–H groups in total. The Morgan fingerprint density at radius 1 is 0.635 bits per heavy atom. The predicted octanol–water partition coefficient (Wildman–Crippen LogP) is 12.7. The first-order valence-corrected chi connectivity index (χ1v) is 19.0. The van der Waals surface area contributed by atoms with Crippen LogP contribution < -0.4 is 4.90 Å². The zero-order chi connectivity index (χ0) is 35.9. The molecule has 0 fully saturated rings. The molecule has 2 aliphatic rings. The Balaban J connectivity index is 1.18. The summed E-state index contributed by atoms with van der Waals surface area (Å²) in [5, 5.41) is 19.7. The second-order valence-electron chi connectivity index (χ2n) is 14.6. The van der Waals surface area contributed by atoms with E-state index in [1.54, 1.807) is 17.4 Å². The van der Waals surface area contributed by atoms with E-state index in [2.05, 4.69) is 142 Å². The molecule has 0 atom stereocenters.